The first kappa shape index (κ1) is 24.1. The number of carbonyl (C=O) groups excluding carboxylic acids is 1. The number of hydrogen-bond acceptors (Lipinski definition) is 5. The van der Waals surface area contributed by atoms with Gasteiger partial charge in [0.25, 0.3) is 6.47 Å². The molecule has 1 unspecified atom stereocenters. The van der Waals surface area contributed by atoms with Gasteiger partial charge in [0.15, 0.2) is 0 Å². The molecular formula is C16H30N4O5S. The van der Waals surface area contributed by atoms with Crippen molar-refractivity contribution < 1.29 is 23.1 Å². The molecule has 2 rings (SSSR count). The highest BCUT2D eigenvalue weighted by molar-refractivity contribution is 7.87. The van der Waals surface area contributed by atoms with Crippen LogP contribution in [0.25, 0.3) is 0 Å². The summed E-state index contributed by atoms with van der Waals surface area (Å²) < 4.78 is 24.0. The Balaban J connectivity index is 0.00000113. The Bertz CT molecular complexity index is 677. The average molecular weight is 391 g/mol. The highest BCUT2D eigenvalue weighted by Gasteiger charge is 2.27. The molecule has 0 spiro atoms. The standard InChI is InChI=1S/C13H22N4O3S.C2H6.CH2O2/c1-9(14)13(18)16-6-3-11(4-7-16)12-5-8-17(10(12)2)21(15,19)20;1-2;2-1-3/h5,8-9,11H,3-4,6-7,14H2,1-2H3,(H2,15,19,20);1-2H3;1H,(H,2,3). The predicted octanol–water partition coefficient (Wildman–Crippen LogP) is 0.628. The molecule has 1 aliphatic heterocycles. The highest BCUT2D eigenvalue weighted by atomic mass is 32.2. The predicted molar refractivity (Wildman–Crippen MR) is 99.9 cm³/mol. The molecule has 5 N–H and O–H groups in total. The van der Waals surface area contributed by atoms with E-state index in [0.29, 0.717) is 18.8 Å². The van der Waals surface area contributed by atoms with E-state index in [0.717, 1.165) is 22.4 Å². The van der Waals surface area contributed by atoms with Gasteiger partial charge in [-0.15, -0.1) is 0 Å². The van der Waals surface area contributed by atoms with Crippen molar-refractivity contribution in [2.45, 2.75) is 52.5 Å². The van der Waals surface area contributed by atoms with E-state index < -0.39 is 16.3 Å². The van der Waals surface area contributed by atoms with Crippen molar-refractivity contribution in [1.29, 1.82) is 0 Å². The molecule has 1 saturated heterocycles. The SMILES string of the molecule is CC.Cc1c(C2CCN(C(=O)C(C)N)CC2)ccn1S(N)(=O)=O.O=CO. The Morgan fingerprint density at radius 2 is 1.81 bits per heavy atom. The van der Waals surface area contributed by atoms with Gasteiger partial charge in [-0.3, -0.25) is 9.59 Å². The maximum atomic E-state index is 11.8. The first-order valence-electron chi connectivity index (χ1n) is 8.46. The highest BCUT2D eigenvalue weighted by Crippen LogP contribution is 2.31. The third kappa shape index (κ3) is 6.43. The van der Waals surface area contributed by atoms with E-state index in [2.05, 4.69) is 0 Å². The Morgan fingerprint density at radius 1 is 1.35 bits per heavy atom. The van der Waals surface area contributed by atoms with Crippen LogP contribution < -0.4 is 10.9 Å². The zero-order valence-electron chi connectivity index (χ0n) is 15.8. The molecule has 0 radical (unpaired) electrons. The van der Waals surface area contributed by atoms with Gasteiger partial charge in [-0.25, -0.2) is 9.11 Å². The molecule has 1 fully saturated rings. The van der Waals surface area contributed by atoms with Gasteiger partial charge in [0.1, 0.15) is 0 Å². The van der Waals surface area contributed by atoms with E-state index in [9.17, 15) is 13.2 Å². The zero-order valence-corrected chi connectivity index (χ0v) is 16.6. The van der Waals surface area contributed by atoms with Crippen molar-refractivity contribution in [2.75, 3.05) is 13.1 Å². The molecule has 1 aromatic rings. The molecule has 10 heteroatoms. The van der Waals surface area contributed by atoms with E-state index >= 15 is 0 Å². The second-order valence-electron chi connectivity index (χ2n) is 5.69. The summed E-state index contributed by atoms with van der Waals surface area (Å²) in [6, 6.07) is 1.32. The summed E-state index contributed by atoms with van der Waals surface area (Å²) in [5.41, 5.74) is 7.24. The van der Waals surface area contributed by atoms with Gasteiger partial charge in [-0.05, 0) is 44.2 Å². The second-order valence-corrected chi connectivity index (χ2v) is 7.11. The molecule has 0 aromatic carbocycles. The fourth-order valence-electron chi connectivity index (χ4n) is 2.91. The van der Waals surface area contributed by atoms with E-state index in [4.69, 9.17) is 20.8 Å². The average Bonchev–Trinajstić information content (AvgIpc) is 2.98. The number of carbonyl (C=O) groups is 2. The van der Waals surface area contributed by atoms with Gasteiger partial charge in [-0.2, -0.15) is 8.42 Å². The number of aromatic nitrogens is 1. The van der Waals surface area contributed by atoms with E-state index in [1.54, 1.807) is 24.8 Å². The lowest BCUT2D eigenvalue weighted by Gasteiger charge is -2.33. The summed E-state index contributed by atoms with van der Waals surface area (Å²) in [6.07, 6.45) is 3.08. The number of likely N-dealkylation sites (tertiary alicyclic amines) is 1. The Kier molecular flexibility index (Phi) is 10.1. The topological polar surface area (TPSA) is 149 Å². The van der Waals surface area contributed by atoms with Crippen LogP contribution in [-0.4, -0.2) is 53.9 Å². The minimum atomic E-state index is -3.75. The van der Waals surface area contributed by atoms with Crippen molar-refractivity contribution in [3.8, 4) is 0 Å². The number of amides is 1. The maximum absolute atomic E-state index is 11.8. The number of piperidine rings is 1. The summed E-state index contributed by atoms with van der Waals surface area (Å²) in [7, 11) is -3.75. The van der Waals surface area contributed by atoms with E-state index in [-0.39, 0.29) is 18.3 Å². The lowest BCUT2D eigenvalue weighted by Crippen LogP contribution is -2.45. The molecule has 0 aliphatic carbocycles. The van der Waals surface area contributed by atoms with Crippen LogP contribution in [0.4, 0.5) is 0 Å². The van der Waals surface area contributed by atoms with Gasteiger partial charge in [0, 0.05) is 25.0 Å². The minimum Gasteiger partial charge on any atom is -0.483 e. The van der Waals surface area contributed by atoms with Crippen LogP contribution in [0.2, 0.25) is 0 Å². The Hall–Kier alpha value is -1.91. The Labute approximate surface area is 155 Å². The maximum Gasteiger partial charge on any atom is 0.302 e. The number of rotatable bonds is 3. The minimum absolute atomic E-state index is 0.0349. The lowest BCUT2D eigenvalue weighted by molar-refractivity contribution is -0.133. The second kappa shape index (κ2) is 10.9. The molecule has 1 aromatic heterocycles. The third-order valence-corrected chi connectivity index (χ3v) is 4.99. The number of carboxylic acid groups (broad SMARTS) is 1. The van der Waals surface area contributed by atoms with Gasteiger partial charge in [0.05, 0.1) is 6.04 Å². The molecule has 1 atom stereocenters. The molecule has 150 valence electrons. The number of nitrogens with zero attached hydrogens (tertiary/aromatic N) is 2. The van der Waals surface area contributed by atoms with Crippen LogP contribution >= 0.6 is 0 Å². The normalized spacial score (nSPS) is 15.8. The summed E-state index contributed by atoms with van der Waals surface area (Å²) in [6.45, 7) is 8.47. The van der Waals surface area contributed by atoms with Gasteiger partial charge >= 0.3 is 10.2 Å². The van der Waals surface area contributed by atoms with Crippen LogP contribution in [0, 0.1) is 6.92 Å². The van der Waals surface area contributed by atoms with Crippen molar-refractivity contribution >= 4 is 22.6 Å². The number of nitrogens with two attached hydrogens (primary N) is 2. The molecule has 1 amide bonds. The molecule has 26 heavy (non-hydrogen) atoms. The van der Waals surface area contributed by atoms with Crippen LogP contribution in [0.5, 0.6) is 0 Å². The van der Waals surface area contributed by atoms with Crippen molar-refractivity contribution in [2.24, 2.45) is 10.9 Å². The summed E-state index contributed by atoms with van der Waals surface area (Å²) in [4.78, 5) is 22.0. The molecule has 9 nitrogen and oxygen atoms in total. The fourth-order valence-corrected chi connectivity index (χ4v) is 3.63. The molecule has 1 aliphatic rings. The van der Waals surface area contributed by atoms with Gasteiger partial charge < -0.3 is 15.7 Å². The van der Waals surface area contributed by atoms with Crippen molar-refractivity contribution in [3.05, 3.63) is 23.5 Å². The monoisotopic (exact) mass is 390 g/mol. The summed E-state index contributed by atoms with van der Waals surface area (Å²) >= 11 is 0. The van der Waals surface area contributed by atoms with Crippen LogP contribution in [0.15, 0.2) is 12.3 Å². The summed E-state index contributed by atoms with van der Waals surface area (Å²) in [5.74, 6) is 0.206. The Morgan fingerprint density at radius 3 is 2.15 bits per heavy atom. The lowest BCUT2D eigenvalue weighted by atomic mass is 9.89. The number of hydrogen-bond donors (Lipinski definition) is 3. The van der Waals surface area contributed by atoms with Crippen molar-refractivity contribution in [1.82, 2.24) is 8.87 Å². The quantitative estimate of drug-likeness (QED) is 0.644. The first-order valence-corrected chi connectivity index (χ1v) is 9.97. The van der Waals surface area contributed by atoms with E-state index in [1.165, 1.54) is 6.20 Å². The first-order chi connectivity index (χ1) is 12.1. The smallest absolute Gasteiger partial charge is 0.302 e. The molecule has 0 saturated carbocycles. The van der Waals surface area contributed by atoms with Gasteiger partial charge in [0.2, 0.25) is 5.91 Å². The third-order valence-electron chi connectivity index (χ3n) is 4.05. The van der Waals surface area contributed by atoms with E-state index in [1.807, 2.05) is 13.8 Å². The molecule has 0 bridgehead atoms. The molecular weight excluding hydrogens is 360 g/mol. The van der Waals surface area contributed by atoms with Crippen LogP contribution in [0.1, 0.15) is 50.8 Å². The van der Waals surface area contributed by atoms with Crippen LogP contribution in [0.3, 0.4) is 0 Å². The summed E-state index contributed by atoms with van der Waals surface area (Å²) in [5, 5.41) is 12.1. The molecule has 2 heterocycles. The van der Waals surface area contributed by atoms with Crippen molar-refractivity contribution in [3.63, 3.8) is 0 Å². The van der Waals surface area contributed by atoms with Gasteiger partial charge in [-0.1, -0.05) is 13.8 Å². The van der Waals surface area contributed by atoms with Crippen LogP contribution in [-0.2, 0) is 19.8 Å². The zero-order chi connectivity index (χ0) is 20.5. The fraction of sp³-hybridized carbons (Fsp3) is 0.625. The largest absolute Gasteiger partial charge is 0.483 e.